The molecule has 3 heterocycles. The van der Waals surface area contributed by atoms with E-state index in [1.807, 2.05) is 0 Å². The zero-order valence-electron chi connectivity index (χ0n) is 17.0. The molecule has 0 spiro atoms. The standard InChI is InChI=1S/C20H15F6N3O2S2/c1-10-3-5-13-17(11(10)2)29(33(30,31)16-8-7-15(32-16)20(24,25)26)9-12-4-6-14(19(21,22)23)28-18(12)27-13/h3-8H,9H2,1-2H3,(H,27,28). The van der Waals surface area contributed by atoms with Gasteiger partial charge >= 0.3 is 12.4 Å². The third-order valence-electron chi connectivity index (χ3n) is 5.19. The van der Waals surface area contributed by atoms with Crippen molar-refractivity contribution in [2.75, 3.05) is 9.62 Å². The number of benzene rings is 1. The first-order valence-electron chi connectivity index (χ1n) is 9.33. The van der Waals surface area contributed by atoms with Crippen LogP contribution in [0.4, 0.5) is 43.5 Å². The summed E-state index contributed by atoms with van der Waals surface area (Å²) >= 11 is 0.0796. The predicted octanol–water partition coefficient (Wildman–Crippen LogP) is 6.25. The highest BCUT2D eigenvalue weighted by atomic mass is 32.2. The Bertz CT molecular complexity index is 1350. The number of pyridine rings is 1. The van der Waals surface area contributed by atoms with Gasteiger partial charge in [0.15, 0.2) is 0 Å². The molecule has 0 aliphatic carbocycles. The van der Waals surface area contributed by atoms with E-state index in [0.29, 0.717) is 17.2 Å². The lowest BCUT2D eigenvalue weighted by molar-refractivity contribution is -0.141. The highest BCUT2D eigenvalue weighted by Crippen LogP contribution is 2.44. The Morgan fingerprint density at radius 3 is 2.27 bits per heavy atom. The summed E-state index contributed by atoms with van der Waals surface area (Å²) < 4.78 is 106. The Balaban J connectivity index is 1.91. The van der Waals surface area contributed by atoms with Crippen LogP contribution in [0.5, 0.6) is 0 Å². The minimum atomic E-state index is -4.72. The van der Waals surface area contributed by atoms with Gasteiger partial charge in [0, 0.05) is 5.56 Å². The third-order valence-corrected chi connectivity index (χ3v) is 8.54. The van der Waals surface area contributed by atoms with Crippen molar-refractivity contribution in [2.24, 2.45) is 0 Å². The number of hydrogen-bond acceptors (Lipinski definition) is 5. The molecular formula is C20H15F6N3O2S2. The number of thiophene rings is 1. The lowest BCUT2D eigenvalue weighted by atomic mass is 10.1. The van der Waals surface area contributed by atoms with Gasteiger partial charge in [-0.3, -0.25) is 4.31 Å². The van der Waals surface area contributed by atoms with Gasteiger partial charge in [-0.25, -0.2) is 13.4 Å². The van der Waals surface area contributed by atoms with E-state index in [1.165, 1.54) is 6.07 Å². The van der Waals surface area contributed by atoms with E-state index in [4.69, 9.17) is 0 Å². The Hall–Kier alpha value is -2.80. The van der Waals surface area contributed by atoms with Crippen molar-refractivity contribution in [3.05, 3.63) is 63.7 Å². The molecule has 0 fully saturated rings. The molecule has 1 aromatic carbocycles. The number of nitrogens with one attached hydrogen (secondary N) is 1. The van der Waals surface area contributed by atoms with Crippen LogP contribution in [0, 0.1) is 13.8 Å². The second-order valence-corrected chi connectivity index (χ2v) is 10.5. The second kappa shape index (κ2) is 7.62. The molecule has 13 heteroatoms. The van der Waals surface area contributed by atoms with Gasteiger partial charge in [0.2, 0.25) is 0 Å². The molecule has 0 saturated carbocycles. The number of nitrogens with zero attached hydrogens (tertiary/aromatic N) is 2. The molecular weight excluding hydrogens is 492 g/mol. The SMILES string of the molecule is Cc1ccc2c(c1C)N(S(=O)(=O)c1ccc(C(F)(F)F)s1)Cc1ccc(C(F)(F)F)nc1N2. The summed E-state index contributed by atoms with van der Waals surface area (Å²) in [7, 11) is -4.50. The molecule has 2 aromatic heterocycles. The fourth-order valence-corrected chi connectivity index (χ4v) is 6.20. The number of aryl methyl sites for hydroxylation is 1. The highest BCUT2D eigenvalue weighted by Gasteiger charge is 2.38. The van der Waals surface area contributed by atoms with Crippen LogP contribution in [0.25, 0.3) is 0 Å². The molecule has 33 heavy (non-hydrogen) atoms. The number of fused-ring (bicyclic) bond motifs is 2. The molecule has 0 unspecified atom stereocenters. The van der Waals surface area contributed by atoms with Crippen LogP contribution in [0.2, 0.25) is 0 Å². The minimum Gasteiger partial charge on any atom is -0.338 e. The number of halogens is 6. The molecule has 0 radical (unpaired) electrons. The molecule has 1 N–H and O–H groups in total. The summed E-state index contributed by atoms with van der Waals surface area (Å²) in [5, 5.41) is 2.77. The van der Waals surface area contributed by atoms with Gasteiger partial charge in [-0.2, -0.15) is 26.3 Å². The van der Waals surface area contributed by atoms with E-state index >= 15 is 0 Å². The fourth-order valence-electron chi connectivity index (χ4n) is 3.39. The van der Waals surface area contributed by atoms with Gasteiger partial charge in [0.05, 0.1) is 17.9 Å². The van der Waals surface area contributed by atoms with E-state index in [2.05, 4.69) is 10.3 Å². The fraction of sp³-hybridized carbons (Fsp3) is 0.250. The second-order valence-electron chi connectivity index (χ2n) is 7.36. The lowest BCUT2D eigenvalue weighted by Gasteiger charge is -2.26. The maximum Gasteiger partial charge on any atom is 0.433 e. The Kier molecular flexibility index (Phi) is 5.39. The number of aromatic nitrogens is 1. The monoisotopic (exact) mass is 507 g/mol. The molecule has 0 bridgehead atoms. The smallest absolute Gasteiger partial charge is 0.338 e. The normalized spacial score (nSPS) is 14.4. The summed E-state index contributed by atoms with van der Waals surface area (Å²) in [5.74, 6) is -0.186. The largest absolute Gasteiger partial charge is 0.433 e. The molecule has 176 valence electrons. The van der Waals surface area contributed by atoms with Crippen LogP contribution < -0.4 is 9.62 Å². The van der Waals surface area contributed by atoms with Crippen molar-refractivity contribution in [2.45, 2.75) is 37.0 Å². The maximum absolute atomic E-state index is 13.5. The van der Waals surface area contributed by atoms with Gasteiger partial charge in [-0.05, 0) is 49.2 Å². The lowest BCUT2D eigenvalue weighted by Crippen LogP contribution is -2.30. The first-order valence-corrected chi connectivity index (χ1v) is 11.6. The molecule has 0 atom stereocenters. The third kappa shape index (κ3) is 4.14. The maximum atomic E-state index is 13.5. The summed E-state index contributed by atoms with van der Waals surface area (Å²) in [4.78, 5) is 2.54. The van der Waals surface area contributed by atoms with E-state index in [-0.39, 0.29) is 34.1 Å². The van der Waals surface area contributed by atoms with E-state index < -0.39 is 43.7 Å². The van der Waals surface area contributed by atoms with Crippen molar-refractivity contribution in [1.82, 2.24) is 4.98 Å². The minimum absolute atomic E-state index is 0.0796. The first-order chi connectivity index (χ1) is 15.2. The van der Waals surface area contributed by atoms with Gasteiger partial charge in [0.25, 0.3) is 10.0 Å². The molecule has 0 saturated heterocycles. The van der Waals surface area contributed by atoms with Crippen LogP contribution in [0.15, 0.2) is 40.6 Å². The molecule has 1 aliphatic rings. The summed E-state index contributed by atoms with van der Waals surface area (Å²) in [5.41, 5.74) is 0.451. The van der Waals surface area contributed by atoms with E-state index in [0.717, 1.165) is 22.5 Å². The van der Waals surface area contributed by atoms with Crippen molar-refractivity contribution in [3.63, 3.8) is 0 Å². The summed E-state index contributed by atoms with van der Waals surface area (Å²) in [6.45, 7) is 2.91. The Labute approximate surface area is 188 Å². The van der Waals surface area contributed by atoms with Crippen LogP contribution in [-0.2, 0) is 28.9 Å². The molecule has 1 aliphatic heterocycles. The van der Waals surface area contributed by atoms with Crippen LogP contribution >= 0.6 is 11.3 Å². The quantitative estimate of drug-likeness (QED) is 0.417. The molecule has 4 rings (SSSR count). The van der Waals surface area contributed by atoms with Crippen molar-refractivity contribution in [3.8, 4) is 0 Å². The zero-order valence-corrected chi connectivity index (χ0v) is 18.6. The van der Waals surface area contributed by atoms with Gasteiger partial charge in [0.1, 0.15) is 20.6 Å². The van der Waals surface area contributed by atoms with Crippen LogP contribution in [0.3, 0.4) is 0 Å². The number of alkyl halides is 6. The molecule has 0 amide bonds. The summed E-state index contributed by atoms with van der Waals surface area (Å²) in [6, 6.07) is 6.53. The number of sulfonamides is 1. The van der Waals surface area contributed by atoms with Crippen LogP contribution in [0.1, 0.15) is 27.3 Å². The topological polar surface area (TPSA) is 62.3 Å². The molecule has 3 aromatic rings. The van der Waals surface area contributed by atoms with Crippen LogP contribution in [-0.4, -0.2) is 13.4 Å². The van der Waals surface area contributed by atoms with E-state index in [1.54, 1.807) is 19.9 Å². The average molecular weight is 507 g/mol. The highest BCUT2D eigenvalue weighted by molar-refractivity contribution is 7.94. The number of anilines is 3. The predicted molar refractivity (Wildman–Crippen MR) is 111 cm³/mol. The van der Waals surface area contributed by atoms with E-state index in [9.17, 15) is 34.8 Å². The summed E-state index contributed by atoms with van der Waals surface area (Å²) in [6.07, 6.45) is -9.43. The number of rotatable bonds is 2. The Morgan fingerprint density at radius 1 is 0.970 bits per heavy atom. The number of hydrogen-bond donors (Lipinski definition) is 1. The van der Waals surface area contributed by atoms with Crippen molar-refractivity contribution < 1.29 is 34.8 Å². The first kappa shape index (κ1) is 23.4. The average Bonchev–Trinajstić information content (AvgIpc) is 3.15. The van der Waals surface area contributed by atoms with Gasteiger partial charge in [-0.15, -0.1) is 11.3 Å². The Morgan fingerprint density at radius 2 is 1.67 bits per heavy atom. The van der Waals surface area contributed by atoms with Crippen molar-refractivity contribution >= 4 is 38.6 Å². The van der Waals surface area contributed by atoms with Crippen molar-refractivity contribution in [1.29, 1.82) is 0 Å². The van der Waals surface area contributed by atoms with Gasteiger partial charge < -0.3 is 5.32 Å². The zero-order chi connectivity index (χ0) is 24.3. The van der Waals surface area contributed by atoms with Gasteiger partial charge in [-0.1, -0.05) is 12.1 Å². The molecule has 5 nitrogen and oxygen atoms in total.